The second kappa shape index (κ2) is 6.38. The van der Waals surface area contributed by atoms with Crippen molar-refractivity contribution in [1.82, 2.24) is 9.78 Å². The fourth-order valence-corrected chi connectivity index (χ4v) is 2.59. The van der Waals surface area contributed by atoms with E-state index < -0.39 is 0 Å². The van der Waals surface area contributed by atoms with E-state index in [0.717, 1.165) is 27.1 Å². The highest BCUT2D eigenvalue weighted by Gasteiger charge is 2.15. The second-order valence-corrected chi connectivity index (χ2v) is 6.19. The molecule has 0 atom stereocenters. The summed E-state index contributed by atoms with van der Waals surface area (Å²) in [5.74, 6) is -0.184. The van der Waals surface area contributed by atoms with Gasteiger partial charge in [-0.1, -0.05) is 34.1 Å². The molecule has 1 amide bonds. The molecule has 0 spiro atoms. The maximum absolute atomic E-state index is 12.6. The molecule has 4 nitrogen and oxygen atoms in total. The summed E-state index contributed by atoms with van der Waals surface area (Å²) in [6.07, 6.45) is 0. The van der Waals surface area contributed by atoms with Gasteiger partial charge in [-0.2, -0.15) is 5.10 Å². The van der Waals surface area contributed by atoms with Crippen molar-refractivity contribution >= 4 is 27.5 Å². The van der Waals surface area contributed by atoms with Gasteiger partial charge in [0.2, 0.25) is 0 Å². The molecule has 0 saturated carbocycles. The van der Waals surface area contributed by atoms with Crippen molar-refractivity contribution < 1.29 is 4.79 Å². The van der Waals surface area contributed by atoms with Crippen LogP contribution in [-0.2, 0) is 0 Å². The molecular formula is C18H16BrN3O. The predicted octanol–water partition coefficient (Wildman–Crippen LogP) is 4.50. The lowest BCUT2D eigenvalue weighted by atomic mass is 10.2. The fraction of sp³-hybridized carbons (Fsp3) is 0.111. The van der Waals surface area contributed by atoms with Crippen LogP contribution in [0, 0.1) is 13.8 Å². The van der Waals surface area contributed by atoms with Crippen LogP contribution in [0.15, 0.2) is 59.1 Å². The van der Waals surface area contributed by atoms with Gasteiger partial charge < -0.3 is 5.32 Å². The first kappa shape index (κ1) is 15.5. The van der Waals surface area contributed by atoms with E-state index in [4.69, 9.17) is 0 Å². The lowest BCUT2D eigenvalue weighted by Gasteiger charge is -2.09. The van der Waals surface area contributed by atoms with Gasteiger partial charge >= 0.3 is 0 Å². The summed E-state index contributed by atoms with van der Waals surface area (Å²) >= 11 is 3.46. The van der Waals surface area contributed by atoms with Crippen molar-refractivity contribution in [3.63, 3.8) is 0 Å². The predicted molar refractivity (Wildman–Crippen MR) is 95.1 cm³/mol. The molecule has 0 fully saturated rings. The zero-order valence-electron chi connectivity index (χ0n) is 12.9. The van der Waals surface area contributed by atoms with Crippen LogP contribution in [0.25, 0.3) is 5.69 Å². The topological polar surface area (TPSA) is 46.9 Å². The molecular weight excluding hydrogens is 354 g/mol. The Morgan fingerprint density at radius 1 is 1.09 bits per heavy atom. The summed E-state index contributed by atoms with van der Waals surface area (Å²) in [5.41, 5.74) is 3.99. The molecule has 0 aliphatic rings. The van der Waals surface area contributed by atoms with E-state index in [-0.39, 0.29) is 5.91 Å². The first-order valence-corrected chi connectivity index (χ1v) is 8.03. The fourth-order valence-electron chi connectivity index (χ4n) is 2.34. The SMILES string of the molecule is Cc1cc(C(=O)Nc2ccc(Br)c(C)c2)n(-c2ccccc2)n1. The van der Waals surface area contributed by atoms with Gasteiger partial charge in [-0.05, 0) is 55.8 Å². The van der Waals surface area contributed by atoms with E-state index >= 15 is 0 Å². The standard InChI is InChI=1S/C18H16BrN3O/c1-12-10-14(8-9-16(12)19)20-18(23)17-11-13(2)21-22(17)15-6-4-3-5-7-15/h3-11H,1-2H3,(H,20,23). The van der Waals surface area contributed by atoms with Crippen LogP contribution in [0.3, 0.4) is 0 Å². The first-order chi connectivity index (χ1) is 11.0. The summed E-state index contributed by atoms with van der Waals surface area (Å²) in [5, 5.41) is 7.35. The Morgan fingerprint density at radius 3 is 2.52 bits per heavy atom. The summed E-state index contributed by atoms with van der Waals surface area (Å²) in [6.45, 7) is 3.86. The Bertz CT molecular complexity index is 856. The van der Waals surface area contributed by atoms with Crippen LogP contribution in [0.2, 0.25) is 0 Å². The van der Waals surface area contributed by atoms with Crippen LogP contribution in [-0.4, -0.2) is 15.7 Å². The first-order valence-electron chi connectivity index (χ1n) is 7.24. The highest BCUT2D eigenvalue weighted by Crippen LogP contribution is 2.21. The number of benzene rings is 2. The number of halogens is 1. The molecule has 1 heterocycles. The third kappa shape index (κ3) is 3.35. The van der Waals surface area contributed by atoms with E-state index in [1.807, 2.05) is 62.4 Å². The molecule has 0 bridgehead atoms. The molecule has 1 aromatic heterocycles. The largest absolute Gasteiger partial charge is 0.321 e. The van der Waals surface area contributed by atoms with Crippen molar-refractivity contribution in [3.8, 4) is 5.69 Å². The van der Waals surface area contributed by atoms with Gasteiger partial charge in [0.25, 0.3) is 5.91 Å². The summed E-state index contributed by atoms with van der Waals surface area (Å²) in [7, 11) is 0. The number of rotatable bonds is 3. The van der Waals surface area contributed by atoms with E-state index in [2.05, 4.69) is 26.3 Å². The van der Waals surface area contributed by atoms with Crippen molar-refractivity contribution in [3.05, 3.63) is 76.0 Å². The minimum Gasteiger partial charge on any atom is -0.321 e. The lowest BCUT2D eigenvalue weighted by molar-refractivity contribution is 0.101. The van der Waals surface area contributed by atoms with Crippen molar-refractivity contribution in [2.75, 3.05) is 5.32 Å². The van der Waals surface area contributed by atoms with Gasteiger partial charge in [0, 0.05) is 10.2 Å². The van der Waals surface area contributed by atoms with Gasteiger partial charge in [0.1, 0.15) is 5.69 Å². The average molecular weight is 370 g/mol. The van der Waals surface area contributed by atoms with Crippen LogP contribution in [0.5, 0.6) is 0 Å². The Balaban J connectivity index is 1.92. The summed E-state index contributed by atoms with van der Waals surface area (Å²) in [4.78, 5) is 12.6. The number of para-hydroxylation sites is 1. The zero-order valence-corrected chi connectivity index (χ0v) is 14.5. The van der Waals surface area contributed by atoms with Gasteiger partial charge in [-0.25, -0.2) is 4.68 Å². The molecule has 116 valence electrons. The minimum absolute atomic E-state index is 0.184. The second-order valence-electron chi connectivity index (χ2n) is 5.34. The van der Waals surface area contributed by atoms with Crippen LogP contribution in [0.4, 0.5) is 5.69 Å². The molecule has 2 aromatic carbocycles. The third-order valence-electron chi connectivity index (χ3n) is 3.48. The van der Waals surface area contributed by atoms with Crippen LogP contribution in [0.1, 0.15) is 21.7 Å². The maximum Gasteiger partial charge on any atom is 0.274 e. The van der Waals surface area contributed by atoms with Crippen molar-refractivity contribution in [2.24, 2.45) is 0 Å². The molecule has 0 radical (unpaired) electrons. The Labute approximate surface area is 143 Å². The Kier molecular flexibility index (Phi) is 4.30. The number of carbonyl (C=O) groups is 1. The highest BCUT2D eigenvalue weighted by molar-refractivity contribution is 9.10. The smallest absolute Gasteiger partial charge is 0.274 e. The number of hydrogen-bond acceptors (Lipinski definition) is 2. The molecule has 0 aliphatic carbocycles. The zero-order chi connectivity index (χ0) is 16.4. The normalized spacial score (nSPS) is 10.6. The number of carbonyl (C=O) groups excluding carboxylic acids is 1. The summed E-state index contributed by atoms with van der Waals surface area (Å²) < 4.78 is 2.68. The van der Waals surface area contributed by atoms with Gasteiger partial charge in [-0.15, -0.1) is 0 Å². The monoisotopic (exact) mass is 369 g/mol. The molecule has 23 heavy (non-hydrogen) atoms. The number of hydrogen-bond donors (Lipinski definition) is 1. The molecule has 3 rings (SSSR count). The number of anilines is 1. The number of nitrogens with zero attached hydrogens (tertiary/aromatic N) is 2. The van der Waals surface area contributed by atoms with Crippen LogP contribution < -0.4 is 5.32 Å². The molecule has 1 N–H and O–H groups in total. The lowest BCUT2D eigenvalue weighted by Crippen LogP contribution is -2.17. The van der Waals surface area contributed by atoms with Crippen molar-refractivity contribution in [2.45, 2.75) is 13.8 Å². The summed E-state index contributed by atoms with van der Waals surface area (Å²) in [6, 6.07) is 17.1. The maximum atomic E-state index is 12.6. The number of aryl methyl sites for hydroxylation is 2. The van der Waals surface area contributed by atoms with Gasteiger partial charge in [0.15, 0.2) is 0 Å². The van der Waals surface area contributed by atoms with Gasteiger partial charge in [-0.3, -0.25) is 4.79 Å². The Hall–Kier alpha value is -2.40. The van der Waals surface area contributed by atoms with Crippen molar-refractivity contribution in [1.29, 1.82) is 0 Å². The number of amides is 1. The number of aromatic nitrogens is 2. The van der Waals surface area contributed by atoms with E-state index in [0.29, 0.717) is 5.69 Å². The molecule has 0 saturated heterocycles. The van der Waals surface area contributed by atoms with Gasteiger partial charge in [0.05, 0.1) is 11.4 Å². The highest BCUT2D eigenvalue weighted by atomic mass is 79.9. The molecule has 3 aromatic rings. The molecule has 0 unspecified atom stereocenters. The quantitative estimate of drug-likeness (QED) is 0.738. The van der Waals surface area contributed by atoms with Crippen LogP contribution >= 0.6 is 15.9 Å². The van der Waals surface area contributed by atoms with E-state index in [9.17, 15) is 4.79 Å². The molecule has 0 aliphatic heterocycles. The average Bonchev–Trinajstić information content (AvgIpc) is 2.94. The third-order valence-corrected chi connectivity index (χ3v) is 4.37. The van der Waals surface area contributed by atoms with E-state index in [1.165, 1.54) is 0 Å². The Morgan fingerprint density at radius 2 is 1.83 bits per heavy atom. The minimum atomic E-state index is -0.184. The molecule has 5 heteroatoms. The number of nitrogens with one attached hydrogen (secondary N) is 1. The van der Waals surface area contributed by atoms with E-state index in [1.54, 1.807) is 10.7 Å².